The summed E-state index contributed by atoms with van der Waals surface area (Å²) in [7, 11) is 1.31. The van der Waals surface area contributed by atoms with Crippen molar-refractivity contribution in [1.82, 2.24) is 10.9 Å². The van der Waals surface area contributed by atoms with E-state index in [1.165, 1.54) is 13.3 Å². The van der Waals surface area contributed by atoms with Gasteiger partial charge >= 0.3 is 11.9 Å². The highest BCUT2D eigenvalue weighted by Gasteiger charge is 2.34. The molecule has 0 fully saturated rings. The first-order chi connectivity index (χ1) is 13.8. The van der Waals surface area contributed by atoms with E-state index in [1.54, 1.807) is 38.1 Å². The highest BCUT2D eigenvalue weighted by molar-refractivity contribution is 7.80. The van der Waals surface area contributed by atoms with Gasteiger partial charge in [0, 0.05) is 17.7 Å². The maximum atomic E-state index is 12.7. The Morgan fingerprint density at radius 1 is 1.31 bits per heavy atom. The molecule has 1 aliphatic heterocycles. The van der Waals surface area contributed by atoms with Crippen LogP contribution in [0.3, 0.4) is 0 Å². The van der Waals surface area contributed by atoms with Crippen molar-refractivity contribution in [2.24, 2.45) is 10.7 Å². The first-order valence-corrected chi connectivity index (χ1v) is 9.40. The lowest BCUT2D eigenvalue weighted by Crippen LogP contribution is -2.38. The molecule has 8 nitrogen and oxygen atoms in total. The molecule has 10 heteroatoms. The molecule has 0 aromatic heterocycles. The van der Waals surface area contributed by atoms with E-state index < -0.39 is 17.9 Å². The normalized spacial score (nSPS) is 17.4. The first kappa shape index (κ1) is 22.4. The van der Waals surface area contributed by atoms with Crippen molar-refractivity contribution >= 4 is 46.0 Å². The summed E-state index contributed by atoms with van der Waals surface area (Å²) in [5, 5.41) is 0.219. The van der Waals surface area contributed by atoms with Crippen LogP contribution < -0.4 is 16.6 Å². The van der Waals surface area contributed by atoms with E-state index in [-0.39, 0.29) is 16.9 Å². The summed E-state index contributed by atoms with van der Waals surface area (Å²) >= 11 is 11.1. The molecule has 1 aromatic rings. The van der Waals surface area contributed by atoms with Crippen LogP contribution in [-0.4, -0.2) is 35.9 Å². The number of nitrogens with zero attached hydrogens (tertiary/aromatic N) is 1. The fourth-order valence-electron chi connectivity index (χ4n) is 2.83. The van der Waals surface area contributed by atoms with E-state index >= 15 is 0 Å². The molecule has 1 heterocycles. The topological polar surface area (TPSA) is 115 Å². The largest absolute Gasteiger partial charge is 0.465 e. The number of halogens is 1. The number of allylic oxidation sites excluding steroid dienone is 2. The van der Waals surface area contributed by atoms with Gasteiger partial charge < -0.3 is 20.6 Å². The molecular formula is C19H21ClN4O4S. The molecule has 1 unspecified atom stereocenters. The molecule has 0 radical (unpaired) electrons. The number of benzene rings is 1. The number of nitrogens with two attached hydrogens (primary N) is 1. The van der Waals surface area contributed by atoms with Gasteiger partial charge in [0.15, 0.2) is 5.11 Å². The van der Waals surface area contributed by atoms with E-state index in [0.29, 0.717) is 28.0 Å². The van der Waals surface area contributed by atoms with Crippen molar-refractivity contribution < 1.29 is 19.1 Å². The zero-order chi connectivity index (χ0) is 21.6. The van der Waals surface area contributed by atoms with Crippen molar-refractivity contribution in [3.8, 4) is 0 Å². The van der Waals surface area contributed by atoms with Crippen molar-refractivity contribution in [3.05, 3.63) is 58.4 Å². The van der Waals surface area contributed by atoms with E-state index in [0.717, 1.165) is 0 Å². The summed E-state index contributed by atoms with van der Waals surface area (Å²) in [6.07, 6.45) is 1.52. The number of methoxy groups -OCH3 is 1. The molecule has 1 aliphatic rings. The smallest absolute Gasteiger partial charge is 0.337 e. The van der Waals surface area contributed by atoms with Gasteiger partial charge in [-0.1, -0.05) is 23.7 Å². The minimum absolute atomic E-state index is 0.0297. The number of ether oxygens (including phenoxy) is 2. The minimum Gasteiger partial charge on any atom is -0.465 e. The fourth-order valence-corrected chi connectivity index (χ4v) is 3.18. The van der Waals surface area contributed by atoms with E-state index in [9.17, 15) is 9.59 Å². The van der Waals surface area contributed by atoms with Crippen molar-refractivity contribution in [2.45, 2.75) is 19.8 Å². The molecule has 0 aliphatic carbocycles. The summed E-state index contributed by atoms with van der Waals surface area (Å²) in [6.45, 7) is 3.61. The van der Waals surface area contributed by atoms with Crippen LogP contribution in [0.1, 0.15) is 35.7 Å². The third-order valence-corrected chi connectivity index (χ3v) is 4.48. The Kier molecular flexibility index (Phi) is 7.74. The summed E-state index contributed by atoms with van der Waals surface area (Å²) < 4.78 is 9.95. The van der Waals surface area contributed by atoms with Gasteiger partial charge in [-0.3, -0.25) is 5.43 Å². The van der Waals surface area contributed by atoms with Crippen molar-refractivity contribution in [1.29, 1.82) is 0 Å². The third-order valence-electron chi connectivity index (χ3n) is 4.08. The summed E-state index contributed by atoms with van der Waals surface area (Å²) in [6, 6.07) is 6.65. The van der Waals surface area contributed by atoms with Gasteiger partial charge in [-0.2, -0.15) is 0 Å². The molecule has 29 heavy (non-hydrogen) atoms. The number of nitrogens with one attached hydrogen (secondary N) is 2. The number of thiocarbonyl (C=S) groups is 1. The minimum atomic E-state index is -0.591. The number of hydrazine groups is 1. The number of carbonyl (C=O) groups is 2. The van der Waals surface area contributed by atoms with Gasteiger partial charge in [-0.25, -0.2) is 14.6 Å². The van der Waals surface area contributed by atoms with Crippen LogP contribution in [0.2, 0.25) is 0 Å². The van der Waals surface area contributed by atoms with Crippen LogP contribution in [0.5, 0.6) is 0 Å². The lowest BCUT2D eigenvalue weighted by molar-refractivity contribution is -0.138. The van der Waals surface area contributed by atoms with Gasteiger partial charge in [0.2, 0.25) is 0 Å². The average Bonchev–Trinajstić information content (AvgIpc) is 2.68. The number of carbonyl (C=O) groups excluding carboxylic acids is 2. The Morgan fingerprint density at radius 2 is 1.97 bits per heavy atom. The molecule has 0 saturated heterocycles. The van der Waals surface area contributed by atoms with Crippen LogP contribution in [0.25, 0.3) is 0 Å². The Labute approximate surface area is 178 Å². The molecule has 0 saturated carbocycles. The molecule has 4 N–H and O–H groups in total. The monoisotopic (exact) mass is 436 g/mol. The predicted molar refractivity (Wildman–Crippen MR) is 114 cm³/mol. The van der Waals surface area contributed by atoms with Gasteiger partial charge in [0.1, 0.15) is 5.17 Å². The Bertz CT molecular complexity index is 909. The number of hydrogen-bond donors (Lipinski definition) is 3. The summed E-state index contributed by atoms with van der Waals surface area (Å²) in [5.74, 6) is -1.56. The molecule has 2 rings (SSSR count). The molecule has 154 valence electrons. The quantitative estimate of drug-likeness (QED) is 0.353. The number of esters is 2. The molecule has 1 atom stereocenters. The van der Waals surface area contributed by atoms with Gasteiger partial charge in [-0.05, 0) is 43.8 Å². The fraction of sp³-hybridized carbons (Fsp3) is 0.263. The van der Waals surface area contributed by atoms with Crippen LogP contribution in [-0.2, 0) is 14.3 Å². The van der Waals surface area contributed by atoms with Crippen molar-refractivity contribution in [3.63, 3.8) is 0 Å². The third kappa shape index (κ3) is 5.33. The lowest BCUT2D eigenvalue weighted by atomic mass is 9.82. The summed E-state index contributed by atoms with van der Waals surface area (Å²) in [4.78, 5) is 28.7. The molecule has 1 aromatic carbocycles. The van der Waals surface area contributed by atoms with Gasteiger partial charge in [0.05, 0.1) is 30.6 Å². The number of aliphatic imine (C=N–C) groups is 1. The van der Waals surface area contributed by atoms with Crippen molar-refractivity contribution in [2.75, 3.05) is 13.7 Å². The average molecular weight is 437 g/mol. The van der Waals surface area contributed by atoms with E-state index in [1.807, 2.05) is 0 Å². The second-order valence-electron chi connectivity index (χ2n) is 5.90. The highest BCUT2D eigenvalue weighted by Crippen LogP contribution is 2.39. The second-order valence-corrected chi connectivity index (χ2v) is 6.70. The maximum Gasteiger partial charge on any atom is 0.337 e. The number of rotatable bonds is 6. The standard InChI is InChI=1S/C19H21ClN4O4S/c1-4-28-18(26)14-10(2)23-16(20)13(9-22-24-19(21)29)15(14)11-5-7-12(8-6-11)17(25)27-3/h5-9,15,22H,4H2,1-3H3,(H3,21,24,29)/b13-9+. The van der Waals surface area contributed by atoms with E-state index in [4.69, 9.17) is 39.0 Å². The summed E-state index contributed by atoms with van der Waals surface area (Å²) in [5.41, 5.74) is 13.1. The Hall–Kier alpha value is -2.91. The van der Waals surface area contributed by atoms with Crippen LogP contribution >= 0.6 is 23.8 Å². The van der Waals surface area contributed by atoms with Crippen LogP contribution in [0, 0.1) is 0 Å². The van der Waals surface area contributed by atoms with Crippen LogP contribution in [0.4, 0.5) is 0 Å². The SMILES string of the molecule is CCOC(=O)C1=C(C)N=C(Cl)/C(=C/NNC(N)=S)C1c1ccc(C(=O)OC)cc1. The predicted octanol–water partition coefficient (Wildman–Crippen LogP) is 2.27. The van der Waals surface area contributed by atoms with Gasteiger partial charge in [-0.15, -0.1) is 0 Å². The first-order valence-electron chi connectivity index (χ1n) is 8.61. The molecule has 0 spiro atoms. The molecule has 0 amide bonds. The van der Waals surface area contributed by atoms with E-state index in [2.05, 4.69) is 15.8 Å². The zero-order valence-electron chi connectivity index (χ0n) is 16.1. The van der Waals surface area contributed by atoms with Gasteiger partial charge in [0.25, 0.3) is 0 Å². The maximum absolute atomic E-state index is 12.7. The number of hydrogen-bond acceptors (Lipinski definition) is 7. The molecule has 0 bridgehead atoms. The second kappa shape index (κ2) is 10.0. The Morgan fingerprint density at radius 3 is 2.52 bits per heavy atom. The zero-order valence-corrected chi connectivity index (χ0v) is 17.7. The highest BCUT2D eigenvalue weighted by atomic mass is 35.5. The lowest BCUT2D eigenvalue weighted by Gasteiger charge is -2.27. The van der Waals surface area contributed by atoms with Crippen LogP contribution in [0.15, 0.2) is 52.3 Å². The Balaban J connectivity index is 2.56. The molecular weight excluding hydrogens is 416 g/mol.